The molecule has 0 unspecified atom stereocenters. The van der Waals surface area contributed by atoms with Crippen molar-refractivity contribution in [1.29, 1.82) is 0 Å². The number of benzene rings is 2. The van der Waals surface area contributed by atoms with E-state index < -0.39 is 4.92 Å². The van der Waals surface area contributed by atoms with Gasteiger partial charge in [0.05, 0.1) is 4.92 Å². The van der Waals surface area contributed by atoms with E-state index in [2.05, 4.69) is 5.32 Å². The first-order chi connectivity index (χ1) is 9.97. The smallest absolute Gasteiger partial charge is 0.292 e. The van der Waals surface area contributed by atoms with Gasteiger partial charge in [-0.2, -0.15) is 0 Å². The first kappa shape index (κ1) is 15.3. The van der Waals surface area contributed by atoms with Crippen molar-refractivity contribution in [3.63, 3.8) is 0 Å². The summed E-state index contributed by atoms with van der Waals surface area (Å²) in [4.78, 5) is 10.5. The van der Waals surface area contributed by atoms with Gasteiger partial charge in [0, 0.05) is 17.6 Å². The molecule has 2 rings (SSSR count). The van der Waals surface area contributed by atoms with Crippen LogP contribution in [0.4, 0.5) is 15.8 Å². The lowest BCUT2D eigenvalue weighted by molar-refractivity contribution is -0.384. The van der Waals surface area contributed by atoms with E-state index in [1.54, 1.807) is 6.07 Å². The molecule has 2 aromatic carbocycles. The third-order valence-corrected chi connectivity index (χ3v) is 3.40. The molecule has 0 aliphatic carbocycles. The van der Waals surface area contributed by atoms with Crippen LogP contribution in [-0.2, 0) is 6.42 Å². The Morgan fingerprint density at radius 1 is 1.29 bits per heavy atom. The molecular weight excluding hydrogens is 295 g/mol. The van der Waals surface area contributed by atoms with E-state index >= 15 is 0 Å². The van der Waals surface area contributed by atoms with Gasteiger partial charge in [0.1, 0.15) is 11.5 Å². The number of nitrogens with zero attached hydrogens (tertiary/aromatic N) is 1. The molecule has 6 heteroatoms. The molecule has 21 heavy (non-hydrogen) atoms. The van der Waals surface area contributed by atoms with Crippen molar-refractivity contribution in [1.82, 2.24) is 0 Å². The Balaban J connectivity index is 2.06. The van der Waals surface area contributed by atoms with Crippen LogP contribution in [0.2, 0.25) is 5.02 Å². The third-order valence-electron chi connectivity index (χ3n) is 3.17. The topological polar surface area (TPSA) is 55.2 Å². The highest BCUT2D eigenvalue weighted by Gasteiger charge is 2.13. The number of nitrogens with one attached hydrogen (secondary N) is 1. The Labute approximate surface area is 126 Å². The lowest BCUT2D eigenvalue weighted by Gasteiger charge is -2.09. The lowest BCUT2D eigenvalue weighted by Crippen LogP contribution is -2.07. The third kappa shape index (κ3) is 3.92. The van der Waals surface area contributed by atoms with Crippen molar-refractivity contribution in [2.75, 3.05) is 11.9 Å². The number of nitro benzene ring substituents is 1. The van der Waals surface area contributed by atoms with Gasteiger partial charge in [0.15, 0.2) is 0 Å². The van der Waals surface area contributed by atoms with Crippen LogP contribution < -0.4 is 5.32 Å². The van der Waals surface area contributed by atoms with Gasteiger partial charge in [-0.05, 0) is 48.7 Å². The molecule has 2 aromatic rings. The quantitative estimate of drug-likeness (QED) is 0.660. The zero-order valence-electron chi connectivity index (χ0n) is 11.4. The molecule has 0 fully saturated rings. The van der Waals surface area contributed by atoms with Crippen molar-refractivity contribution in [3.8, 4) is 0 Å². The summed E-state index contributed by atoms with van der Waals surface area (Å²) in [6, 6.07) is 8.97. The summed E-state index contributed by atoms with van der Waals surface area (Å²) in [5.74, 6) is -0.269. The van der Waals surface area contributed by atoms with Crippen LogP contribution in [0.3, 0.4) is 0 Å². The zero-order chi connectivity index (χ0) is 15.4. The molecule has 0 spiro atoms. The number of rotatable bonds is 5. The van der Waals surface area contributed by atoms with Gasteiger partial charge >= 0.3 is 0 Å². The van der Waals surface area contributed by atoms with Gasteiger partial charge in [-0.3, -0.25) is 10.1 Å². The second-order valence-electron chi connectivity index (χ2n) is 4.67. The van der Waals surface area contributed by atoms with Crippen LogP contribution >= 0.6 is 11.6 Å². The molecule has 1 N–H and O–H groups in total. The van der Waals surface area contributed by atoms with E-state index in [-0.39, 0.29) is 11.5 Å². The minimum atomic E-state index is -0.457. The molecule has 0 aliphatic heterocycles. The van der Waals surface area contributed by atoms with Crippen LogP contribution in [0.5, 0.6) is 0 Å². The maximum atomic E-state index is 13.0. The average molecular weight is 309 g/mol. The van der Waals surface area contributed by atoms with Gasteiger partial charge < -0.3 is 5.32 Å². The molecule has 110 valence electrons. The monoisotopic (exact) mass is 308 g/mol. The highest BCUT2D eigenvalue weighted by molar-refractivity contribution is 6.31. The van der Waals surface area contributed by atoms with Crippen molar-refractivity contribution in [2.45, 2.75) is 13.3 Å². The molecule has 4 nitrogen and oxygen atoms in total. The molecule has 0 radical (unpaired) electrons. The van der Waals surface area contributed by atoms with E-state index in [0.717, 1.165) is 11.1 Å². The number of nitro groups is 1. The summed E-state index contributed by atoms with van der Waals surface area (Å²) >= 11 is 5.86. The molecule has 0 aliphatic rings. The van der Waals surface area contributed by atoms with E-state index in [9.17, 15) is 14.5 Å². The number of aryl methyl sites for hydroxylation is 1. The average Bonchev–Trinajstić information content (AvgIpc) is 2.41. The predicted molar refractivity (Wildman–Crippen MR) is 81.4 cm³/mol. The van der Waals surface area contributed by atoms with Crippen LogP contribution in [0, 0.1) is 22.9 Å². The predicted octanol–water partition coefficient (Wildman–Crippen LogP) is 4.35. The number of anilines is 1. The van der Waals surface area contributed by atoms with Crippen molar-refractivity contribution in [3.05, 3.63) is 68.5 Å². The first-order valence-corrected chi connectivity index (χ1v) is 6.78. The van der Waals surface area contributed by atoms with E-state index in [1.165, 1.54) is 30.3 Å². The normalized spacial score (nSPS) is 10.4. The van der Waals surface area contributed by atoms with Gasteiger partial charge in [0.2, 0.25) is 0 Å². The van der Waals surface area contributed by atoms with Crippen LogP contribution in [0.15, 0.2) is 36.4 Å². The lowest BCUT2D eigenvalue weighted by atomic mass is 10.1. The van der Waals surface area contributed by atoms with Crippen LogP contribution in [0.25, 0.3) is 0 Å². The van der Waals surface area contributed by atoms with Gasteiger partial charge in [-0.1, -0.05) is 17.7 Å². The highest BCUT2D eigenvalue weighted by Crippen LogP contribution is 2.27. The summed E-state index contributed by atoms with van der Waals surface area (Å²) in [5.41, 5.74) is 2.22. The molecule has 0 saturated carbocycles. The van der Waals surface area contributed by atoms with E-state index in [4.69, 9.17) is 11.6 Å². The fourth-order valence-corrected chi connectivity index (χ4v) is 2.25. The van der Waals surface area contributed by atoms with Crippen molar-refractivity contribution in [2.24, 2.45) is 0 Å². The maximum Gasteiger partial charge on any atom is 0.292 e. The maximum absolute atomic E-state index is 13.0. The summed E-state index contributed by atoms with van der Waals surface area (Å²) < 4.78 is 13.0. The van der Waals surface area contributed by atoms with E-state index in [1.807, 2.05) is 6.92 Å². The Morgan fingerprint density at radius 3 is 2.71 bits per heavy atom. The largest absolute Gasteiger partial charge is 0.379 e. The molecule has 0 atom stereocenters. The highest BCUT2D eigenvalue weighted by atomic mass is 35.5. The zero-order valence-corrected chi connectivity index (χ0v) is 12.2. The molecule has 0 aromatic heterocycles. The molecule has 0 saturated heterocycles. The van der Waals surface area contributed by atoms with Gasteiger partial charge in [0.25, 0.3) is 5.69 Å². The Bertz CT molecular complexity index is 677. The molecular formula is C15H14ClFN2O2. The minimum Gasteiger partial charge on any atom is -0.379 e. The number of halogens is 2. The van der Waals surface area contributed by atoms with Gasteiger partial charge in [-0.15, -0.1) is 0 Å². The Hall–Kier alpha value is -2.14. The molecule has 0 bridgehead atoms. The summed E-state index contributed by atoms with van der Waals surface area (Å²) in [6.45, 7) is 2.33. The first-order valence-electron chi connectivity index (χ1n) is 6.40. The van der Waals surface area contributed by atoms with Crippen molar-refractivity contribution < 1.29 is 9.31 Å². The van der Waals surface area contributed by atoms with E-state index in [0.29, 0.717) is 23.7 Å². The summed E-state index contributed by atoms with van der Waals surface area (Å²) in [6.07, 6.45) is 0.635. The van der Waals surface area contributed by atoms with Gasteiger partial charge in [-0.25, -0.2) is 4.39 Å². The van der Waals surface area contributed by atoms with Crippen molar-refractivity contribution >= 4 is 23.0 Å². The summed E-state index contributed by atoms with van der Waals surface area (Å²) in [7, 11) is 0. The second kappa shape index (κ2) is 6.54. The standard InChI is InChI=1S/C15H14ClFN2O2/c1-10-8-13(17)4-2-11(10)6-7-18-14-9-12(16)3-5-15(14)19(20)21/h2-5,8-9,18H,6-7H2,1H3. The summed E-state index contributed by atoms with van der Waals surface area (Å²) in [5, 5.41) is 14.4. The Morgan fingerprint density at radius 2 is 2.05 bits per heavy atom. The van der Waals surface area contributed by atoms with Crippen LogP contribution in [0.1, 0.15) is 11.1 Å². The second-order valence-corrected chi connectivity index (χ2v) is 5.10. The molecule has 0 amide bonds. The molecule has 0 heterocycles. The SMILES string of the molecule is Cc1cc(F)ccc1CCNc1cc(Cl)ccc1[N+](=O)[O-]. The number of hydrogen-bond acceptors (Lipinski definition) is 3. The number of hydrogen-bond donors (Lipinski definition) is 1. The van der Waals surface area contributed by atoms with Crippen LogP contribution in [-0.4, -0.2) is 11.5 Å². The fourth-order valence-electron chi connectivity index (χ4n) is 2.08. The fraction of sp³-hybridized carbons (Fsp3) is 0.200. The minimum absolute atomic E-state index is 0.0183. The Kier molecular flexibility index (Phi) is 4.75.